The van der Waals surface area contributed by atoms with Gasteiger partial charge in [0.1, 0.15) is 5.82 Å². The highest BCUT2D eigenvalue weighted by atomic mass is 19.1. The minimum Gasteiger partial charge on any atom is -0.399 e. The number of nitrogens with zero attached hydrogens (tertiary/aromatic N) is 2. The molecule has 0 atom stereocenters. The van der Waals surface area contributed by atoms with Crippen molar-refractivity contribution in [3.8, 4) is 0 Å². The average Bonchev–Trinajstić information content (AvgIpc) is 2.70. The number of hydrogen-bond acceptors (Lipinski definition) is 2. The van der Waals surface area contributed by atoms with Crippen LogP contribution in [0.25, 0.3) is 0 Å². The first-order valence-corrected chi connectivity index (χ1v) is 6.23. The summed E-state index contributed by atoms with van der Waals surface area (Å²) < 4.78 is 15.2. The number of rotatable bonds is 4. The molecule has 2 rings (SSSR count). The van der Waals surface area contributed by atoms with Gasteiger partial charge in [0.05, 0.1) is 12.2 Å². The van der Waals surface area contributed by atoms with Crippen molar-refractivity contribution in [3.63, 3.8) is 0 Å². The Kier molecular flexibility index (Phi) is 3.65. The van der Waals surface area contributed by atoms with E-state index in [0.717, 1.165) is 29.8 Å². The molecule has 2 N–H and O–H groups in total. The van der Waals surface area contributed by atoms with E-state index in [0.29, 0.717) is 12.2 Å². The lowest BCUT2D eigenvalue weighted by molar-refractivity contribution is 0.612. The molecule has 0 radical (unpaired) electrons. The largest absolute Gasteiger partial charge is 0.399 e. The molecule has 0 fully saturated rings. The van der Waals surface area contributed by atoms with Gasteiger partial charge in [0.2, 0.25) is 0 Å². The van der Waals surface area contributed by atoms with Gasteiger partial charge in [0.25, 0.3) is 0 Å². The highest BCUT2D eigenvalue weighted by molar-refractivity contribution is 5.41. The number of nitrogens with two attached hydrogens (primary N) is 1. The molecular formula is C14H18FN3. The fraction of sp³-hybridized carbons (Fsp3) is 0.357. The van der Waals surface area contributed by atoms with E-state index in [1.54, 1.807) is 6.07 Å². The Morgan fingerprint density at radius 3 is 2.56 bits per heavy atom. The molecule has 0 aliphatic rings. The molecule has 0 amide bonds. The van der Waals surface area contributed by atoms with Crippen LogP contribution < -0.4 is 5.73 Å². The van der Waals surface area contributed by atoms with E-state index in [9.17, 15) is 4.39 Å². The van der Waals surface area contributed by atoms with Crippen molar-refractivity contribution in [2.24, 2.45) is 0 Å². The number of aryl methyl sites for hydroxylation is 2. The van der Waals surface area contributed by atoms with Gasteiger partial charge in [-0.15, -0.1) is 0 Å². The Hall–Kier alpha value is -1.84. The Labute approximate surface area is 106 Å². The predicted molar refractivity (Wildman–Crippen MR) is 70.9 cm³/mol. The summed E-state index contributed by atoms with van der Waals surface area (Å²) in [5, 5.41) is 4.51. The molecule has 2 aromatic rings. The molecule has 0 bridgehead atoms. The number of nitrogen functional groups attached to an aromatic ring is 1. The Balaban J connectivity index is 2.29. The first kappa shape index (κ1) is 12.6. The molecule has 0 saturated heterocycles. The van der Waals surface area contributed by atoms with E-state index in [-0.39, 0.29) is 5.82 Å². The Morgan fingerprint density at radius 2 is 1.94 bits per heavy atom. The SMILES string of the molecule is CCc1cc(CC)n(Cc2cc(N)cc(F)c2)n1. The topological polar surface area (TPSA) is 43.8 Å². The fourth-order valence-electron chi connectivity index (χ4n) is 2.05. The predicted octanol–water partition coefficient (Wildman–Crippen LogP) is 2.78. The first-order valence-electron chi connectivity index (χ1n) is 6.23. The number of hydrogen-bond donors (Lipinski definition) is 1. The summed E-state index contributed by atoms with van der Waals surface area (Å²) in [7, 11) is 0. The lowest BCUT2D eigenvalue weighted by Crippen LogP contribution is -2.06. The number of aromatic nitrogens is 2. The fourth-order valence-corrected chi connectivity index (χ4v) is 2.05. The normalized spacial score (nSPS) is 10.8. The molecule has 4 heteroatoms. The van der Waals surface area contributed by atoms with Crippen molar-refractivity contribution >= 4 is 5.69 Å². The van der Waals surface area contributed by atoms with Crippen LogP contribution in [-0.4, -0.2) is 9.78 Å². The zero-order valence-corrected chi connectivity index (χ0v) is 10.8. The van der Waals surface area contributed by atoms with Crippen molar-refractivity contribution in [2.75, 3.05) is 5.73 Å². The van der Waals surface area contributed by atoms with Crippen molar-refractivity contribution in [3.05, 3.63) is 47.0 Å². The molecule has 0 unspecified atom stereocenters. The maximum atomic E-state index is 13.3. The molecule has 0 aliphatic heterocycles. The third-order valence-corrected chi connectivity index (χ3v) is 2.95. The molecule has 1 aromatic heterocycles. The van der Waals surface area contributed by atoms with Gasteiger partial charge >= 0.3 is 0 Å². The number of anilines is 1. The molecular weight excluding hydrogens is 229 g/mol. The Bertz CT molecular complexity index is 526. The van der Waals surface area contributed by atoms with Crippen LogP contribution in [0.2, 0.25) is 0 Å². The smallest absolute Gasteiger partial charge is 0.125 e. The van der Waals surface area contributed by atoms with Gasteiger partial charge < -0.3 is 5.73 Å². The zero-order chi connectivity index (χ0) is 13.1. The van der Waals surface area contributed by atoms with Crippen molar-refractivity contribution in [1.82, 2.24) is 9.78 Å². The van der Waals surface area contributed by atoms with Crippen LogP contribution in [0.15, 0.2) is 24.3 Å². The van der Waals surface area contributed by atoms with E-state index in [1.165, 1.54) is 12.1 Å². The van der Waals surface area contributed by atoms with Gasteiger partial charge in [0.15, 0.2) is 0 Å². The molecule has 0 aliphatic carbocycles. The summed E-state index contributed by atoms with van der Waals surface area (Å²) >= 11 is 0. The second-order valence-corrected chi connectivity index (χ2v) is 4.38. The van der Waals surface area contributed by atoms with Crippen molar-refractivity contribution < 1.29 is 4.39 Å². The summed E-state index contributed by atoms with van der Waals surface area (Å²) in [5.41, 5.74) is 9.16. The molecule has 3 nitrogen and oxygen atoms in total. The lowest BCUT2D eigenvalue weighted by atomic mass is 10.2. The minimum atomic E-state index is -0.300. The van der Waals surface area contributed by atoms with Crippen LogP contribution in [0.1, 0.15) is 30.8 Å². The quantitative estimate of drug-likeness (QED) is 0.844. The van der Waals surface area contributed by atoms with Gasteiger partial charge in [-0.1, -0.05) is 13.8 Å². The zero-order valence-electron chi connectivity index (χ0n) is 10.8. The van der Waals surface area contributed by atoms with Gasteiger partial charge in [-0.3, -0.25) is 4.68 Å². The highest BCUT2D eigenvalue weighted by Crippen LogP contribution is 2.14. The third kappa shape index (κ3) is 2.70. The van der Waals surface area contributed by atoms with Crippen LogP contribution in [0.3, 0.4) is 0 Å². The highest BCUT2D eigenvalue weighted by Gasteiger charge is 2.07. The van der Waals surface area contributed by atoms with Gasteiger partial charge in [0, 0.05) is 11.4 Å². The Morgan fingerprint density at radius 1 is 1.17 bits per heavy atom. The van der Waals surface area contributed by atoms with Crippen LogP contribution in [0.4, 0.5) is 10.1 Å². The average molecular weight is 247 g/mol. The van der Waals surface area contributed by atoms with Crippen molar-refractivity contribution in [1.29, 1.82) is 0 Å². The minimum absolute atomic E-state index is 0.300. The van der Waals surface area contributed by atoms with Crippen LogP contribution in [-0.2, 0) is 19.4 Å². The van der Waals surface area contributed by atoms with E-state index >= 15 is 0 Å². The van der Waals surface area contributed by atoms with Crippen molar-refractivity contribution in [2.45, 2.75) is 33.2 Å². The summed E-state index contributed by atoms with van der Waals surface area (Å²) in [4.78, 5) is 0. The standard InChI is InChI=1S/C14H18FN3/c1-3-13-8-14(4-2)18(17-13)9-10-5-11(15)7-12(16)6-10/h5-8H,3-4,9,16H2,1-2H3. The maximum Gasteiger partial charge on any atom is 0.125 e. The molecule has 18 heavy (non-hydrogen) atoms. The van der Waals surface area contributed by atoms with Gasteiger partial charge in [-0.05, 0) is 42.7 Å². The second kappa shape index (κ2) is 5.21. The van der Waals surface area contributed by atoms with Crippen LogP contribution in [0.5, 0.6) is 0 Å². The molecule has 1 aromatic carbocycles. The molecule has 0 saturated carbocycles. The molecule has 96 valence electrons. The summed E-state index contributed by atoms with van der Waals surface area (Å²) in [6.07, 6.45) is 1.82. The summed E-state index contributed by atoms with van der Waals surface area (Å²) in [6, 6.07) is 6.71. The van der Waals surface area contributed by atoms with E-state index in [2.05, 4.69) is 25.0 Å². The van der Waals surface area contributed by atoms with E-state index in [1.807, 2.05) is 4.68 Å². The molecule has 0 spiro atoms. The lowest BCUT2D eigenvalue weighted by Gasteiger charge is -2.07. The van der Waals surface area contributed by atoms with Crippen LogP contribution >= 0.6 is 0 Å². The monoisotopic (exact) mass is 247 g/mol. The van der Waals surface area contributed by atoms with E-state index < -0.39 is 0 Å². The van der Waals surface area contributed by atoms with E-state index in [4.69, 9.17) is 5.73 Å². The number of benzene rings is 1. The molecule has 1 heterocycles. The number of halogens is 1. The first-order chi connectivity index (χ1) is 8.62. The van der Waals surface area contributed by atoms with Gasteiger partial charge in [-0.2, -0.15) is 5.10 Å². The third-order valence-electron chi connectivity index (χ3n) is 2.95. The maximum absolute atomic E-state index is 13.3. The van der Waals surface area contributed by atoms with Crippen LogP contribution in [0, 0.1) is 5.82 Å². The summed E-state index contributed by atoms with van der Waals surface area (Å²) in [5.74, 6) is -0.300. The van der Waals surface area contributed by atoms with Gasteiger partial charge in [-0.25, -0.2) is 4.39 Å². The second-order valence-electron chi connectivity index (χ2n) is 4.38. The summed E-state index contributed by atoms with van der Waals surface area (Å²) in [6.45, 7) is 4.73.